The van der Waals surface area contributed by atoms with Crippen LogP contribution in [0.25, 0.3) is 0 Å². The molecule has 2 aliphatic rings. The van der Waals surface area contributed by atoms with Crippen molar-refractivity contribution in [2.75, 3.05) is 31.6 Å². The zero-order valence-electron chi connectivity index (χ0n) is 13.9. The zero-order chi connectivity index (χ0) is 15.8. The van der Waals surface area contributed by atoms with Gasteiger partial charge in [-0.1, -0.05) is 0 Å². The third kappa shape index (κ3) is 3.62. The Balaban J connectivity index is 1.51. The van der Waals surface area contributed by atoms with E-state index in [2.05, 4.69) is 15.2 Å². The van der Waals surface area contributed by atoms with Crippen LogP contribution in [0.15, 0.2) is 12.4 Å². The lowest BCUT2D eigenvalue weighted by Crippen LogP contribution is -2.48. The summed E-state index contributed by atoms with van der Waals surface area (Å²) in [5.41, 5.74) is -0.609. The molecule has 6 heteroatoms. The van der Waals surface area contributed by atoms with Gasteiger partial charge in [0.05, 0.1) is 23.9 Å². The van der Waals surface area contributed by atoms with Gasteiger partial charge in [0.15, 0.2) is 0 Å². The number of anilines is 1. The molecular formula is C16H28N4O2. The molecule has 2 saturated heterocycles. The fourth-order valence-electron chi connectivity index (χ4n) is 3.64. The standard InChI is InChI=1S/C16H28N4O2/c1-15(2,21)12-20-7-4-16(5-8-20)10-13(11-22-16)18-14-17-6-9-19(14)3/h6,9,13,21H,4-5,7-8,10-12H2,1-3H3,(H,17,18). The number of ether oxygens (including phenoxy) is 1. The number of β-amino-alcohol motifs (C(OH)–C–C–N with tert-alkyl or cyclic N) is 1. The van der Waals surface area contributed by atoms with Crippen molar-refractivity contribution in [3.63, 3.8) is 0 Å². The molecule has 6 nitrogen and oxygen atoms in total. The Morgan fingerprint density at radius 2 is 2.18 bits per heavy atom. The van der Waals surface area contributed by atoms with Gasteiger partial charge >= 0.3 is 0 Å². The van der Waals surface area contributed by atoms with Crippen molar-refractivity contribution in [1.82, 2.24) is 14.5 Å². The van der Waals surface area contributed by atoms with Crippen LogP contribution in [-0.2, 0) is 11.8 Å². The van der Waals surface area contributed by atoms with Crippen LogP contribution in [-0.4, -0.2) is 63.0 Å². The van der Waals surface area contributed by atoms with E-state index in [0.717, 1.165) is 51.5 Å². The Morgan fingerprint density at radius 3 is 2.77 bits per heavy atom. The van der Waals surface area contributed by atoms with Crippen molar-refractivity contribution in [2.24, 2.45) is 7.05 Å². The minimum Gasteiger partial charge on any atom is -0.389 e. The summed E-state index contributed by atoms with van der Waals surface area (Å²) in [6.45, 7) is 7.22. The van der Waals surface area contributed by atoms with Crippen LogP contribution in [0, 0.1) is 0 Å². The number of piperidine rings is 1. The second-order valence-corrected chi connectivity index (χ2v) is 7.49. The van der Waals surface area contributed by atoms with Crippen LogP contribution in [0.5, 0.6) is 0 Å². The first-order chi connectivity index (χ1) is 10.4. The average Bonchev–Trinajstić information content (AvgIpc) is 3.00. The van der Waals surface area contributed by atoms with Gasteiger partial charge in [0, 0.05) is 39.1 Å². The van der Waals surface area contributed by atoms with Gasteiger partial charge in [0.1, 0.15) is 0 Å². The summed E-state index contributed by atoms with van der Waals surface area (Å²) < 4.78 is 8.17. The number of hydrogen-bond donors (Lipinski definition) is 2. The Morgan fingerprint density at radius 1 is 1.45 bits per heavy atom. The number of aliphatic hydroxyl groups is 1. The molecule has 2 fully saturated rings. The molecule has 0 aromatic carbocycles. The van der Waals surface area contributed by atoms with E-state index in [1.54, 1.807) is 0 Å². The zero-order valence-corrected chi connectivity index (χ0v) is 13.9. The van der Waals surface area contributed by atoms with Crippen molar-refractivity contribution in [2.45, 2.75) is 50.4 Å². The number of hydrogen-bond acceptors (Lipinski definition) is 5. The van der Waals surface area contributed by atoms with E-state index in [4.69, 9.17) is 4.74 Å². The quantitative estimate of drug-likeness (QED) is 0.876. The van der Waals surface area contributed by atoms with Crippen LogP contribution >= 0.6 is 0 Å². The predicted octanol–water partition coefficient (Wildman–Crippen LogP) is 1.23. The second kappa shape index (κ2) is 5.83. The monoisotopic (exact) mass is 308 g/mol. The first kappa shape index (κ1) is 15.8. The highest BCUT2D eigenvalue weighted by molar-refractivity contribution is 5.28. The topological polar surface area (TPSA) is 62.5 Å². The van der Waals surface area contributed by atoms with Gasteiger partial charge in [-0.05, 0) is 33.1 Å². The lowest BCUT2D eigenvalue weighted by Gasteiger charge is -2.40. The number of aromatic nitrogens is 2. The largest absolute Gasteiger partial charge is 0.389 e. The van der Waals surface area contributed by atoms with Crippen LogP contribution in [0.2, 0.25) is 0 Å². The minimum atomic E-state index is -0.622. The summed E-state index contributed by atoms with van der Waals surface area (Å²) in [4.78, 5) is 6.67. The molecule has 3 rings (SSSR count). The molecule has 1 unspecified atom stereocenters. The Kier molecular flexibility index (Phi) is 4.18. The molecule has 2 aliphatic heterocycles. The van der Waals surface area contributed by atoms with Gasteiger partial charge in [-0.15, -0.1) is 0 Å². The van der Waals surface area contributed by atoms with Crippen molar-refractivity contribution < 1.29 is 9.84 Å². The van der Waals surface area contributed by atoms with Gasteiger partial charge in [0.2, 0.25) is 5.95 Å². The van der Waals surface area contributed by atoms with Crippen molar-refractivity contribution in [3.05, 3.63) is 12.4 Å². The molecule has 22 heavy (non-hydrogen) atoms. The van der Waals surface area contributed by atoms with Gasteiger partial charge < -0.3 is 24.6 Å². The molecule has 0 radical (unpaired) electrons. The first-order valence-corrected chi connectivity index (χ1v) is 8.18. The van der Waals surface area contributed by atoms with E-state index in [0.29, 0.717) is 6.04 Å². The van der Waals surface area contributed by atoms with Crippen LogP contribution in [0.4, 0.5) is 5.95 Å². The predicted molar refractivity (Wildman–Crippen MR) is 85.9 cm³/mol. The van der Waals surface area contributed by atoms with Crippen LogP contribution in [0.1, 0.15) is 33.1 Å². The summed E-state index contributed by atoms with van der Waals surface area (Å²) in [6, 6.07) is 0.335. The maximum Gasteiger partial charge on any atom is 0.202 e. The molecule has 2 N–H and O–H groups in total. The smallest absolute Gasteiger partial charge is 0.202 e. The molecule has 1 aromatic heterocycles. The maximum absolute atomic E-state index is 9.95. The summed E-state index contributed by atoms with van der Waals surface area (Å²) in [7, 11) is 2.00. The fraction of sp³-hybridized carbons (Fsp3) is 0.812. The Hall–Kier alpha value is -1.11. The Bertz CT molecular complexity index is 500. The summed E-state index contributed by atoms with van der Waals surface area (Å²) in [5, 5.41) is 13.4. The third-order valence-electron chi connectivity index (χ3n) is 4.74. The Labute approximate surface area is 132 Å². The number of nitrogens with zero attached hydrogens (tertiary/aromatic N) is 3. The average molecular weight is 308 g/mol. The van der Waals surface area contributed by atoms with Gasteiger partial charge in [-0.25, -0.2) is 4.98 Å². The van der Waals surface area contributed by atoms with Gasteiger partial charge in [0.25, 0.3) is 0 Å². The number of nitrogens with one attached hydrogen (secondary N) is 1. The molecule has 124 valence electrons. The van der Waals surface area contributed by atoms with E-state index in [9.17, 15) is 5.11 Å². The molecular weight excluding hydrogens is 280 g/mol. The number of rotatable bonds is 4. The van der Waals surface area contributed by atoms with Crippen LogP contribution < -0.4 is 5.32 Å². The summed E-state index contributed by atoms with van der Waals surface area (Å²) in [6.07, 6.45) is 6.88. The van der Waals surface area contributed by atoms with Crippen molar-refractivity contribution >= 4 is 5.95 Å². The second-order valence-electron chi connectivity index (χ2n) is 7.49. The first-order valence-electron chi connectivity index (χ1n) is 8.18. The lowest BCUT2D eigenvalue weighted by molar-refractivity contribution is -0.0573. The highest BCUT2D eigenvalue weighted by atomic mass is 16.5. The maximum atomic E-state index is 9.95. The van der Waals surface area contributed by atoms with E-state index >= 15 is 0 Å². The third-order valence-corrected chi connectivity index (χ3v) is 4.74. The van der Waals surface area contributed by atoms with E-state index in [-0.39, 0.29) is 5.60 Å². The molecule has 1 aromatic rings. The highest BCUT2D eigenvalue weighted by Gasteiger charge is 2.43. The number of imidazole rings is 1. The molecule has 0 aliphatic carbocycles. The molecule has 0 bridgehead atoms. The van der Waals surface area contributed by atoms with E-state index in [1.807, 2.05) is 37.9 Å². The lowest BCUT2D eigenvalue weighted by atomic mass is 9.87. The molecule has 1 atom stereocenters. The summed E-state index contributed by atoms with van der Waals surface area (Å²) in [5.74, 6) is 0.908. The molecule has 1 spiro atoms. The van der Waals surface area contributed by atoms with E-state index < -0.39 is 5.60 Å². The highest BCUT2D eigenvalue weighted by Crippen LogP contribution is 2.37. The van der Waals surface area contributed by atoms with Crippen molar-refractivity contribution in [1.29, 1.82) is 0 Å². The van der Waals surface area contributed by atoms with Gasteiger partial charge in [-0.3, -0.25) is 0 Å². The fourth-order valence-corrected chi connectivity index (χ4v) is 3.64. The van der Waals surface area contributed by atoms with Gasteiger partial charge in [-0.2, -0.15) is 0 Å². The normalized spacial score (nSPS) is 25.7. The number of likely N-dealkylation sites (tertiary alicyclic amines) is 1. The SMILES string of the molecule is Cn1ccnc1NC1COC2(CCN(CC(C)(C)O)CC2)C1. The minimum absolute atomic E-state index is 0.0128. The van der Waals surface area contributed by atoms with E-state index in [1.165, 1.54) is 0 Å². The van der Waals surface area contributed by atoms with Crippen LogP contribution in [0.3, 0.4) is 0 Å². The molecule has 0 saturated carbocycles. The summed E-state index contributed by atoms with van der Waals surface area (Å²) >= 11 is 0. The van der Waals surface area contributed by atoms with Crippen molar-refractivity contribution in [3.8, 4) is 0 Å². The number of aryl methyl sites for hydroxylation is 1. The molecule has 3 heterocycles. The molecule has 0 amide bonds.